The van der Waals surface area contributed by atoms with Crippen LogP contribution in [0.1, 0.15) is 29.7 Å². The monoisotopic (exact) mass is 581 g/mol. The van der Waals surface area contributed by atoms with E-state index in [2.05, 4.69) is 4.98 Å². The molecule has 2 aromatic rings. The molecule has 2 heterocycles. The van der Waals surface area contributed by atoms with Crippen molar-refractivity contribution in [2.75, 3.05) is 25.1 Å². The number of esters is 1. The van der Waals surface area contributed by atoms with Crippen LogP contribution in [0.25, 0.3) is 0 Å². The lowest BCUT2D eigenvalue weighted by molar-refractivity contribution is -0.151. The summed E-state index contributed by atoms with van der Waals surface area (Å²) >= 11 is 6.27. The van der Waals surface area contributed by atoms with E-state index in [9.17, 15) is 28.0 Å². The smallest absolute Gasteiger partial charge is 0.380 e. The Hall–Kier alpha value is -2.57. The molecule has 38 heavy (non-hydrogen) atoms. The fraction of sp³-hybridized carbons (Fsp3) is 0.522. The van der Waals surface area contributed by atoms with Crippen LogP contribution in [0.3, 0.4) is 0 Å². The number of carbonyl (C=O) groups excluding carboxylic acids is 1. The topological polar surface area (TPSA) is 152 Å². The number of aliphatic hydroxyl groups is 1. The number of benzene rings is 1. The number of aliphatic hydroxyl groups excluding tert-OH is 1. The van der Waals surface area contributed by atoms with Gasteiger partial charge in [-0.05, 0) is 26.0 Å². The normalized spacial score (nSPS) is 26.8. The van der Waals surface area contributed by atoms with Crippen LogP contribution in [-0.4, -0.2) is 63.2 Å². The Morgan fingerprint density at radius 1 is 1.39 bits per heavy atom. The molecule has 0 aliphatic carbocycles. The molecule has 1 aromatic carbocycles. The summed E-state index contributed by atoms with van der Waals surface area (Å²) in [7, 11) is -4.62. The first-order valence-corrected chi connectivity index (χ1v) is 13.5. The number of rotatable bonds is 11. The predicted molar refractivity (Wildman–Crippen MR) is 133 cm³/mol. The van der Waals surface area contributed by atoms with Crippen LogP contribution in [-0.2, 0) is 23.4 Å². The molecule has 0 saturated carbocycles. The van der Waals surface area contributed by atoms with E-state index < -0.39 is 85.6 Å². The van der Waals surface area contributed by atoms with Gasteiger partial charge in [-0.3, -0.25) is 13.9 Å². The Bertz CT molecular complexity index is 1320. The highest BCUT2D eigenvalue weighted by Crippen LogP contribution is 2.52. The fourth-order valence-electron chi connectivity index (χ4n) is 3.51. The zero-order valence-electron chi connectivity index (χ0n) is 22.6. The standard InChI is InChI=1S/C23H29ClF2N3O8P/c1-13(2)35-20(31)14(3)11-38(33,37-15-7-5-4-6-8-15)34-10-17-18(30)23(24,12-25)21(36-17)29-9-16(26)19(27)28-22(29)32/h4-9,13-14,17-18,21,30H,10-12H2,1-3H3,(H2,27,28,32)/t14-,17-,18+,21-,23?,38-/m1/s1/i10D2. The summed E-state index contributed by atoms with van der Waals surface area (Å²) < 4.78 is 81.0. The van der Waals surface area contributed by atoms with Crippen molar-refractivity contribution in [2.45, 2.75) is 50.2 Å². The molecule has 210 valence electrons. The number of ether oxygens (including phenoxy) is 2. The molecule has 0 amide bonds. The summed E-state index contributed by atoms with van der Waals surface area (Å²) in [5.74, 6) is -3.82. The van der Waals surface area contributed by atoms with Crippen LogP contribution in [0.15, 0.2) is 41.3 Å². The van der Waals surface area contributed by atoms with E-state index in [4.69, 9.17) is 38.6 Å². The summed E-state index contributed by atoms with van der Waals surface area (Å²) in [5.41, 5.74) is 4.05. The number of nitrogens with zero attached hydrogens (tertiary/aromatic N) is 2. The van der Waals surface area contributed by atoms with Crippen LogP contribution in [0.5, 0.6) is 5.75 Å². The highest BCUT2D eigenvalue weighted by Gasteiger charge is 2.57. The maximum Gasteiger partial charge on any atom is 0.380 e. The minimum Gasteiger partial charge on any atom is -0.463 e. The fourth-order valence-corrected chi connectivity index (χ4v) is 5.49. The molecule has 0 bridgehead atoms. The lowest BCUT2D eigenvalue weighted by Gasteiger charge is -2.28. The number of halogens is 3. The lowest BCUT2D eigenvalue weighted by atomic mass is 10.00. The van der Waals surface area contributed by atoms with Crippen LogP contribution in [0.4, 0.5) is 14.6 Å². The van der Waals surface area contributed by atoms with Crippen molar-refractivity contribution in [3.05, 3.63) is 52.8 Å². The molecule has 6 atom stereocenters. The van der Waals surface area contributed by atoms with Gasteiger partial charge < -0.3 is 24.8 Å². The van der Waals surface area contributed by atoms with E-state index in [0.717, 1.165) is 0 Å². The van der Waals surface area contributed by atoms with Crippen LogP contribution >= 0.6 is 19.2 Å². The quantitative estimate of drug-likeness (QED) is 0.230. The number of hydrogen-bond acceptors (Lipinski definition) is 10. The Balaban J connectivity index is 1.97. The highest BCUT2D eigenvalue weighted by molar-refractivity contribution is 7.54. The number of para-hydroxylation sites is 1. The van der Waals surface area contributed by atoms with Gasteiger partial charge in [-0.1, -0.05) is 25.1 Å². The number of carbonyl (C=O) groups is 1. The van der Waals surface area contributed by atoms with Gasteiger partial charge in [0.2, 0.25) is 0 Å². The molecule has 1 aliphatic rings. The van der Waals surface area contributed by atoms with Crippen molar-refractivity contribution in [3.63, 3.8) is 0 Å². The van der Waals surface area contributed by atoms with E-state index in [-0.39, 0.29) is 5.75 Å². The van der Waals surface area contributed by atoms with Crippen molar-refractivity contribution < 1.29 is 44.5 Å². The van der Waals surface area contributed by atoms with E-state index in [1.807, 2.05) is 0 Å². The Morgan fingerprint density at radius 2 is 2.05 bits per heavy atom. The van der Waals surface area contributed by atoms with Crippen molar-refractivity contribution in [1.29, 1.82) is 0 Å². The molecule has 15 heteroatoms. The summed E-state index contributed by atoms with van der Waals surface area (Å²) in [4.78, 5) is 25.5. The molecule has 1 saturated heterocycles. The molecule has 11 nitrogen and oxygen atoms in total. The van der Waals surface area contributed by atoms with Gasteiger partial charge in [0.1, 0.15) is 29.5 Å². The van der Waals surface area contributed by atoms with Gasteiger partial charge in [0.25, 0.3) is 0 Å². The van der Waals surface area contributed by atoms with Crippen LogP contribution in [0.2, 0.25) is 0 Å². The van der Waals surface area contributed by atoms with E-state index in [0.29, 0.717) is 10.8 Å². The number of alkyl halides is 2. The van der Waals surface area contributed by atoms with Gasteiger partial charge in [0.05, 0.1) is 33.7 Å². The number of anilines is 1. The molecule has 1 unspecified atom stereocenters. The van der Waals surface area contributed by atoms with E-state index in [1.165, 1.54) is 19.1 Å². The number of aromatic nitrogens is 2. The second-order valence-corrected chi connectivity index (χ2v) is 11.5. The second-order valence-electron chi connectivity index (χ2n) is 8.87. The third kappa shape index (κ3) is 6.70. The summed E-state index contributed by atoms with van der Waals surface area (Å²) in [5, 5.41) is 10.9. The second kappa shape index (κ2) is 12.1. The van der Waals surface area contributed by atoms with Crippen molar-refractivity contribution in [2.24, 2.45) is 5.92 Å². The van der Waals surface area contributed by atoms with E-state index >= 15 is 0 Å². The third-order valence-electron chi connectivity index (χ3n) is 5.40. The van der Waals surface area contributed by atoms with Gasteiger partial charge in [-0.2, -0.15) is 4.98 Å². The van der Waals surface area contributed by atoms with Gasteiger partial charge >= 0.3 is 19.3 Å². The minimum absolute atomic E-state index is 0.00208. The van der Waals surface area contributed by atoms with Gasteiger partial charge in [-0.15, -0.1) is 11.6 Å². The first kappa shape index (κ1) is 27.0. The minimum atomic E-state index is -4.62. The third-order valence-corrected chi connectivity index (χ3v) is 7.78. The van der Waals surface area contributed by atoms with E-state index in [1.54, 1.807) is 32.0 Å². The molecule has 1 fully saturated rings. The molecule has 0 radical (unpaired) electrons. The summed E-state index contributed by atoms with van der Waals surface area (Å²) in [6, 6.07) is 7.53. The highest BCUT2D eigenvalue weighted by atomic mass is 35.5. The van der Waals surface area contributed by atoms with Crippen LogP contribution < -0.4 is 15.9 Å². The average Bonchev–Trinajstić information content (AvgIpc) is 3.12. The van der Waals surface area contributed by atoms with Crippen molar-refractivity contribution >= 4 is 31.0 Å². The maximum absolute atomic E-state index is 14.2. The Labute approximate surface area is 225 Å². The SMILES string of the molecule is [2H]C([2H])(O[P@](=O)(C[C@@H](C)C(=O)OC(C)C)Oc1ccccc1)[C@H]1O[C@@H](n2cc(F)c(N)nc2=O)C(Cl)(CF)[C@H]1O. The van der Waals surface area contributed by atoms with Crippen LogP contribution in [0, 0.1) is 11.7 Å². The van der Waals surface area contributed by atoms with Crippen molar-refractivity contribution in [1.82, 2.24) is 9.55 Å². The zero-order chi connectivity index (χ0) is 30.0. The molecular formula is C23H29ClF2N3O8P. The Morgan fingerprint density at radius 3 is 2.66 bits per heavy atom. The largest absolute Gasteiger partial charge is 0.463 e. The van der Waals surface area contributed by atoms with Gasteiger partial charge in [-0.25, -0.2) is 18.1 Å². The summed E-state index contributed by atoms with van der Waals surface area (Å²) in [6.45, 7) is -0.248. The molecule has 3 rings (SSSR count). The number of hydrogen-bond donors (Lipinski definition) is 2. The first-order chi connectivity index (χ1) is 18.5. The Kier molecular flexibility index (Phi) is 8.59. The lowest BCUT2D eigenvalue weighted by Crippen LogP contribution is -2.46. The molecule has 1 aliphatic heterocycles. The number of nitrogen functional groups attached to an aromatic ring is 1. The predicted octanol–water partition coefficient (Wildman–Crippen LogP) is 3.05. The molecule has 0 spiro atoms. The maximum atomic E-state index is 14.2. The molecular weight excluding hydrogens is 551 g/mol. The first-order valence-electron chi connectivity index (χ1n) is 12.4. The summed E-state index contributed by atoms with van der Waals surface area (Å²) in [6.07, 6.45) is -7.07. The average molecular weight is 582 g/mol. The zero-order valence-corrected chi connectivity index (χ0v) is 22.3. The van der Waals surface area contributed by atoms with Crippen molar-refractivity contribution in [3.8, 4) is 5.75 Å². The van der Waals surface area contributed by atoms with Gasteiger partial charge in [0, 0.05) is 0 Å². The molecule has 1 aromatic heterocycles. The number of nitrogens with two attached hydrogens (primary N) is 1. The van der Waals surface area contributed by atoms with Gasteiger partial charge in [0.15, 0.2) is 17.9 Å². The molecule has 3 N–H and O–H groups in total.